The number of hydrogen-bond donors (Lipinski definition) is 2. The van der Waals surface area contributed by atoms with Gasteiger partial charge in [0.05, 0.1) is 18.2 Å². The minimum atomic E-state index is -0.639. The monoisotopic (exact) mass is 384 g/mol. The maximum Gasteiger partial charge on any atom is 0.223 e. The molecule has 0 saturated carbocycles. The summed E-state index contributed by atoms with van der Waals surface area (Å²) in [6, 6.07) is 11.9. The lowest BCUT2D eigenvalue weighted by Gasteiger charge is -2.24. The number of phenolic OH excluding ortho intramolecular Hbond substituents is 1. The minimum absolute atomic E-state index is 0.0186. The van der Waals surface area contributed by atoms with Crippen LogP contribution in [0.2, 0.25) is 5.02 Å². The molecule has 2 aromatic carbocycles. The van der Waals surface area contributed by atoms with Gasteiger partial charge in [-0.1, -0.05) is 43.6 Å². The van der Waals surface area contributed by atoms with Crippen LogP contribution >= 0.6 is 11.6 Å². The van der Waals surface area contributed by atoms with E-state index in [2.05, 4.69) is 10.3 Å². The fourth-order valence-corrected chi connectivity index (χ4v) is 3.23. The predicted octanol–water partition coefficient (Wildman–Crippen LogP) is 4.46. The molecule has 0 aliphatic rings. The first-order valence-corrected chi connectivity index (χ1v) is 9.01. The minimum Gasteiger partial charge on any atom is -0.505 e. The summed E-state index contributed by atoms with van der Waals surface area (Å²) in [4.78, 5) is 16.7. The number of nitrogens with one attached hydrogen (secondary N) is 1. The Kier molecular flexibility index (Phi) is 5.51. The Labute approximate surface area is 163 Å². The number of hydrogen-bond acceptors (Lipinski definition) is 4. The van der Waals surface area contributed by atoms with Crippen molar-refractivity contribution in [3.8, 4) is 11.5 Å². The number of fused-ring (bicyclic) bond motifs is 1. The van der Waals surface area contributed by atoms with E-state index < -0.39 is 6.04 Å². The summed E-state index contributed by atoms with van der Waals surface area (Å²) in [5.74, 6) is 0.208. The van der Waals surface area contributed by atoms with E-state index in [-0.39, 0.29) is 17.6 Å². The lowest BCUT2D eigenvalue weighted by molar-refractivity contribution is -0.124. The highest BCUT2D eigenvalue weighted by Crippen LogP contribution is 2.40. The molecule has 1 aromatic heterocycles. The number of aromatic nitrogens is 1. The van der Waals surface area contributed by atoms with Gasteiger partial charge in [0, 0.05) is 28.6 Å². The molecule has 6 heteroatoms. The second-order valence-corrected chi connectivity index (χ2v) is 6.94. The zero-order valence-electron chi connectivity index (χ0n) is 15.4. The van der Waals surface area contributed by atoms with Gasteiger partial charge in [0.1, 0.15) is 17.0 Å². The smallest absolute Gasteiger partial charge is 0.223 e. The van der Waals surface area contributed by atoms with Crippen LogP contribution in [-0.4, -0.2) is 23.1 Å². The van der Waals surface area contributed by atoms with Crippen LogP contribution in [0.1, 0.15) is 31.0 Å². The molecule has 5 nitrogen and oxygen atoms in total. The Balaban J connectivity index is 2.23. The van der Waals surface area contributed by atoms with Gasteiger partial charge < -0.3 is 15.2 Å². The van der Waals surface area contributed by atoms with Crippen molar-refractivity contribution in [2.45, 2.75) is 19.9 Å². The lowest BCUT2D eigenvalue weighted by Crippen LogP contribution is -2.32. The highest BCUT2D eigenvalue weighted by Gasteiger charge is 2.26. The first-order valence-electron chi connectivity index (χ1n) is 8.63. The van der Waals surface area contributed by atoms with Crippen LogP contribution in [0.5, 0.6) is 11.5 Å². The number of pyridine rings is 1. The summed E-state index contributed by atoms with van der Waals surface area (Å²) < 4.78 is 5.47. The van der Waals surface area contributed by atoms with E-state index in [9.17, 15) is 9.90 Å². The van der Waals surface area contributed by atoms with Crippen molar-refractivity contribution in [2.24, 2.45) is 5.92 Å². The number of benzene rings is 2. The lowest BCUT2D eigenvalue weighted by atomic mass is 9.95. The van der Waals surface area contributed by atoms with Crippen molar-refractivity contribution in [1.29, 1.82) is 0 Å². The van der Waals surface area contributed by atoms with Gasteiger partial charge >= 0.3 is 0 Å². The van der Waals surface area contributed by atoms with Gasteiger partial charge in [0.25, 0.3) is 0 Å². The summed E-state index contributed by atoms with van der Waals surface area (Å²) in [5.41, 5.74) is 1.57. The van der Waals surface area contributed by atoms with Crippen molar-refractivity contribution in [3.63, 3.8) is 0 Å². The molecule has 0 bridgehead atoms. The van der Waals surface area contributed by atoms with Crippen molar-refractivity contribution < 1.29 is 14.6 Å². The summed E-state index contributed by atoms with van der Waals surface area (Å²) in [6.07, 6.45) is 1.59. The Morgan fingerprint density at radius 3 is 2.63 bits per heavy atom. The van der Waals surface area contributed by atoms with Crippen LogP contribution in [0.25, 0.3) is 10.9 Å². The first-order chi connectivity index (χ1) is 12.9. The first kappa shape index (κ1) is 19.0. The highest BCUT2D eigenvalue weighted by molar-refractivity contribution is 6.35. The summed E-state index contributed by atoms with van der Waals surface area (Å²) in [6.45, 7) is 3.62. The SMILES string of the molecule is COc1ccccc1[C@H](NC(=O)C(C)C)c1cc(Cl)c2cccnc2c1O. The van der Waals surface area contributed by atoms with Crippen molar-refractivity contribution in [3.05, 3.63) is 64.8 Å². The number of amides is 1. The molecule has 0 aliphatic heterocycles. The van der Waals surface area contributed by atoms with E-state index in [1.54, 1.807) is 31.5 Å². The average molecular weight is 385 g/mol. The number of aromatic hydroxyl groups is 1. The molecule has 3 rings (SSSR count). The van der Waals surface area contributed by atoms with E-state index in [4.69, 9.17) is 16.3 Å². The Morgan fingerprint density at radius 1 is 1.19 bits per heavy atom. The van der Waals surface area contributed by atoms with Crippen LogP contribution in [-0.2, 0) is 4.79 Å². The molecule has 0 unspecified atom stereocenters. The standard InChI is InChI=1S/C21H21ClN2O3/c1-12(2)21(26)24-18(14-7-4-5-9-17(14)27-3)15-11-16(22)13-8-6-10-23-19(13)20(15)25/h4-12,18,25H,1-3H3,(H,24,26)/t18-/m0/s1. The molecule has 1 amide bonds. The zero-order valence-corrected chi connectivity index (χ0v) is 16.1. The second kappa shape index (κ2) is 7.84. The number of ether oxygens (including phenoxy) is 1. The zero-order chi connectivity index (χ0) is 19.6. The van der Waals surface area contributed by atoms with Gasteiger partial charge in [-0.2, -0.15) is 0 Å². The van der Waals surface area contributed by atoms with Crippen molar-refractivity contribution in [2.75, 3.05) is 7.11 Å². The summed E-state index contributed by atoms with van der Waals surface area (Å²) >= 11 is 6.44. The number of methoxy groups -OCH3 is 1. The molecule has 0 aliphatic carbocycles. The maximum atomic E-state index is 12.5. The molecular weight excluding hydrogens is 364 g/mol. The summed E-state index contributed by atoms with van der Waals surface area (Å²) in [5, 5.41) is 15.0. The van der Waals surface area contributed by atoms with Crippen LogP contribution in [0.15, 0.2) is 48.7 Å². The molecule has 140 valence electrons. The molecule has 0 spiro atoms. The van der Waals surface area contributed by atoms with Gasteiger partial charge in [0.15, 0.2) is 0 Å². The number of rotatable bonds is 5. The van der Waals surface area contributed by atoms with Gasteiger partial charge in [0.2, 0.25) is 5.91 Å². The normalized spacial score (nSPS) is 12.2. The number of carbonyl (C=O) groups excluding carboxylic acids is 1. The Bertz CT molecular complexity index is 988. The number of halogens is 1. The van der Waals surface area contributed by atoms with E-state index in [1.165, 1.54) is 0 Å². The van der Waals surface area contributed by atoms with E-state index in [0.717, 1.165) is 5.56 Å². The molecule has 1 atom stereocenters. The molecule has 0 saturated heterocycles. The number of nitrogens with zero attached hydrogens (tertiary/aromatic N) is 1. The quantitative estimate of drug-likeness (QED) is 0.681. The molecule has 1 heterocycles. The fourth-order valence-electron chi connectivity index (χ4n) is 2.96. The van der Waals surface area contributed by atoms with Gasteiger partial charge in [-0.05, 0) is 24.3 Å². The second-order valence-electron chi connectivity index (χ2n) is 6.53. The van der Waals surface area contributed by atoms with E-state index in [1.807, 2.05) is 38.1 Å². The molecule has 2 N–H and O–H groups in total. The Morgan fingerprint density at radius 2 is 1.93 bits per heavy atom. The van der Waals surface area contributed by atoms with Gasteiger partial charge in [-0.3, -0.25) is 9.78 Å². The molecule has 3 aromatic rings. The molecule has 0 fully saturated rings. The molecule has 27 heavy (non-hydrogen) atoms. The van der Waals surface area contributed by atoms with Crippen molar-refractivity contribution >= 4 is 28.4 Å². The van der Waals surface area contributed by atoms with Crippen LogP contribution in [0, 0.1) is 5.92 Å². The van der Waals surface area contributed by atoms with Crippen molar-refractivity contribution in [1.82, 2.24) is 10.3 Å². The summed E-state index contributed by atoms with van der Waals surface area (Å²) in [7, 11) is 1.56. The highest BCUT2D eigenvalue weighted by atomic mass is 35.5. The maximum absolute atomic E-state index is 12.5. The van der Waals surface area contributed by atoms with Crippen LogP contribution in [0.4, 0.5) is 0 Å². The number of carbonyl (C=O) groups is 1. The van der Waals surface area contributed by atoms with Crippen LogP contribution < -0.4 is 10.1 Å². The molecule has 0 radical (unpaired) electrons. The Hall–Kier alpha value is -2.79. The average Bonchev–Trinajstić information content (AvgIpc) is 2.69. The topological polar surface area (TPSA) is 71.5 Å². The van der Waals surface area contributed by atoms with E-state index >= 15 is 0 Å². The number of phenols is 1. The third-order valence-corrected chi connectivity index (χ3v) is 4.73. The van der Waals surface area contributed by atoms with E-state index in [0.29, 0.717) is 27.2 Å². The predicted molar refractivity (Wildman–Crippen MR) is 106 cm³/mol. The van der Waals surface area contributed by atoms with Gasteiger partial charge in [-0.15, -0.1) is 0 Å². The van der Waals surface area contributed by atoms with Crippen LogP contribution in [0.3, 0.4) is 0 Å². The fraction of sp³-hybridized carbons (Fsp3) is 0.238. The largest absolute Gasteiger partial charge is 0.505 e. The molecular formula is C21H21ClN2O3. The third kappa shape index (κ3) is 3.69. The third-order valence-electron chi connectivity index (χ3n) is 4.42. The van der Waals surface area contributed by atoms with Gasteiger partial charge in [-0.25, -0.2) is 0 Å². The number of para-hydroxylation sites is 1.